The second-order valence-corrected chi connectivity index (χ2v) is 6.08. The van der Waals surface area contributed by atoms with E-state index in [-0.39, 0.29) is 10.7 Å². The summed E-state index contributed by atoms with van der Waals surface area (Å²) < 4.78 is 5.11. The summed E-state index contributed by atoms with van der Waals surface area (Å²) in [5, 5.41) is 16.8. The number of nitrogens with one attached hydrogen (secondary N) is 1. The molecule has 3 aromatic rings. The van der Waals surface area contributed by atoms with Crippen molar-refractivity contribution < 1.29 is 9.66 Å². The summed E-state index contributed by atoms with van der Waals surface area (Å²) in [6, 6.07) is 12.1. The normalized spacial score (nSPS) is 10.4. The van der Waals surface area contributed by atoms with Crippen molar-refractivity contribution in [1.29, 1.82) is 0 Å². The fraction of sp³-hybridized carbons (Fsp3) is 0.0625. The highest BCUT2D eigenvalue weighted by molar-refractivity contribution is 7.14. The Kier molecular flexibility index (Phi) is 4.64. The zero-order valence-corrected chi connectivity index (χ0v) is 14.1. The van der Waals surface area contributed by atoms with Gasteiger partial charge >= 0.3 is 0 Å². The molecule has 0 amide bonds. The maximum absolute atomic E-state index is 11.0. The van der Waals surface area contributed by atoms with Gasteiger partial charge in [-0.25, -0.2) is 4.98 Å². The van der Waals surface area contributed by atoms with Gasteiger partial charge in [0.1, 0.15) is 10.8 Å². The number of halogens is 1. The van der Waals surface area contributed by atoms with Crippen molar-refractivity contribution in [1.82, 2.24) is 4.98 Å². The largest absolute Gasteiger partial charge is 0.497 e. The molecular weight excluding hydrogens is 350 g/mol. The Labute approximate surface area is 146 Å². The highest BCUT2D eigenvalue weighted by atomic mass is 35.5. The quantitative estimate of drug-likeness (QED) is 0.504. The number of nitro benzene ring substituents is 1. The van der Waals surface area contributed by atoms with Gasteiger partial charge in [0, 0.05) is 22.7 Å². The van der Waals surface area contributed by atoms with Crippen molar-refractivity contribution in [3.05, 3.63) is 63.0 Å². The second-order valence-electron chi connectivity index (χ2n) is 4.81. The van der Waals surface area contributed by atoms with Gasteiger partial charge in [-0.15, -0.1) is 11.3 Å². The van der Waals surface area contributed by atoms with E-state index >= 15 is 0 Å². The van der Waals surface area contributed by atoms with Gasteiger partial charge in [-0.1, -0.05) is 17.7 Å². The molecule has 3 rings (SSSR count). The van der Waals surface area contributed by atoms with Crippen LogP contribution < -0.4 is 10.1 Å². The lowest BCUT2D eigenvalue weighted by Gasteiger charge is -2.04. The maximum Gasteiger partial charge on any atom is 0.288 e. The number of rotatable bonds is 5. The first-order chi connectivity index (χ1) is 11.6. The van der Waals surface area contributed by atoms with E-state index in [1.807, 2.05) is 29.6 Å². The van der Waals surface area contributed by atoms with Crippen LogP contribution in [0.5, 0.6) is 5.75 Å². The van der Waals surface area contributed by atoms with Crippen LogP contribution in [0, 0.1) is 10.1 Å². The predicted molar refractivity (Wildman–Crippen MR) is 95.5 cm³/mol. The van der Waals surface area contributed by atoms with E-state index in [1.165, 1.54) is 23.5 Å². The lowest BCUT2D eigenvalue weighted by atomic mass is 10.1. The van der Waals surface area contributed by atoms with Gasteiger partial charge in [0.05, 0.1) is 17.7 Å². The fourth-order valence-corrected chi connectivity index (χ4v) is 3.00. The molecule has 0 fully saturated rings. The summed E-state index contributed by atoms with van der Waals surface area (Å²) in [4.78, 5) is 14.9. The SMILES string of the molecule is COc1ccc(Nc2nc(-c3ccc(Cl)c([N+](=O)[O-])c3)cs2)cc1. The van der Waals surface area contributed by atoms with Crippen LogP contribution in [0.15, 0.2) is 47.8 Å². The molecule has 0 spiro atoms. The van der Waals surface area contributed by atoms with E-state index in [0.29, 0.717) is 16.4 Å². The minimum absolute atomic E-state index is 0.107. The molecule has 0 unspecified atom stereocenters. The molecule has 8 heteroatoms. The van der Waals surface area contributed by atoms with Crippen LogP contribution in [-0.4, -0.2) is 17.0 Å². The van der Waals surface area contributed by atoms with Gasteiger partial charge in [-0.05, 0) is 30.3 Å². The molecule has 0 bridgehead atoms. The van der Waals surface area contributed by atoms with Crippen LogP contribution >= 0.6 is 22.9 Å². The minimum Gasteiger partial charge on any atom is -0.497 e. The molecule has 0 aliphatic rings. The van der Waals surface area contributed by atoms with Crippen LogP contribution in [0.25, 0.3) is 11.3 Å². The summed E-state index contributed by atoms with van der Waals surface area (Å²) in [6.07, 6.45) is 0. The highest BCUT2D eigenvalue weighted by Gasteiger charge is 2.15. The Bertz CT molecular complexity index is 881. The van der Waals surface area contributed by atoms with Gasteiger partial charge in [0.2, 0.25) is 0 Å². The number of hydrogen-bond acceptors (Lipinski definition) is 6. The molecule has 0 saturated carbocycles. The Hall–Kier alpha value is -2.64. The molecular formula is C16H12ClN3O3S. The lowest BCUT2D eigenvalue weighted by molar-refractivity contribution is -0.384. The van der Waals surface area contributed by atoms with Crippen molar-refractivity contribution in [2.24, 2.45) is 0 Å². The first kappa shape index (κ1) is 16.2. The third kappa shape index (κ3) is 3.47. The molecule has 2 aromatic carbocycles. The third-order valence-electron chi connectivity index (χ3n) is 3.28. The summed E-state index contributed by atoms with van der Waals surface area (Å²) in [5.41, 5.74) is 2.03. The van der Waals surface area contributed by atoms with Crippen LogP contribution in [0.3, 0.4) is 0 Å². The zero-order chi connectivity index (χ0) is 17.1. The van der Waals surface area contributed by atoms with Crippen molar-refractivity contribution in [2.75, 3.05) is 12.4 Å². The number of hydrogen-bond donors (Lipinski definition) is 1. The van der Waals surface area contributed by atoms with Gasteiger partial charge < -0.3 is 10.1 Å². The average molecular weight is 362 g/mol. The summed E-state index contributed by atoms with van der Waals surface area (Å²) in [7, 11) is 1.61. The maximum atomic E-state index is 11.0. The van der Waals surface area contributed by atoms with E-state index in [4.69, 9.17) is 16.3 Å². The molecule has 0 atom stereocenters. The molecule has 1 N–H and O–H groups in total. The zero-order valence-electron chi connectivity index (χ0n) is 12.5. The number of anilines is 2. The number of thiazole rings is 1. The van der Waals surface area contributed by atoms with Crippen LogP contribution in [0.4, 0.5) is 16.5 Å². The number of nitrogens with zero attached hydrogens (tertiary/aromatic N) is 2. The van der Waals surface area contributed by atoms with Crippen LogP contribution in [0.2, 0.25) is 5.02 Å². The molecule has 24 heavy (non-hydrogen) atoms. The topological polar surface area (TPSA) is 77.3 Å². The summed E-state index contributed by atoms with van der Waals surface area (Å²) in [6.45, 7) is 0. The van der Waals surface area contributed by atoms with Crippen LogP contribution in [-0.2, 0) is 0 Å². The van der Waals surface area contributed by atoms with Crippen molar-refractivity contribution in [3.63, 3.8) is 0 Å². The van der Waals surface area contributed by atoms with E-state index in [0.717, 1.165) is 11.4 Å². The standard InChI is InChI=1S/C16H12ClN3O3S/c1-23-12-5-3-11(4-6-12)18-16-19-14(9-24-16)10-2-7-13(17)15(8-10)20(21)22/h2-9H,1H3,(H,18,19). The smallest absolute Gasteiger partial charge is 0.288 e. The number of ether oxygens (including phenoxy) is 1. The summed E-state index contributed by atoms with van der Waals surface area (Å²) in [5.74, 6) is 0.772. The third-order valence-corrected chi connectivity index (χ3v) is 4.36. The number of aromatic nitrogens is 1. The van der Waals surface area contributed by atoms with Gasteiger partial charge in [-0.2, -0.15) is 0 Å². The number of benzene rings is 2. The van der Waals surface area contributed by atoms with Crippen molar-refractivity contribution in [3.8, 4) is 17.0 Å². The van der Waals surface area contributed by atoms with Crippen molar-refractivity contribution >= 4 is 39.4 Å². The first-order valence-electron chi connectivity index (χ1n) is 6.88. The molecule has 1 heterocycles. The van der Waals surface area contributed by atoms with E-state index < -0.39 is 4.92 Å². The first-order valence-corrected chi connectivity index (χ1v) is 8.13. The lowest BCUT2D eigenvalue weighted by Crippen LogP contribution is -1.91. The Balaban J connectivity index is 1.82. The summed E-state index contributed by atoms with van der Waals surface area (Å²) >= 11 is 7.25. The predicted octanol–water partition coefficient (Wildman–Crippen LogP) is 5.12. The van der Waals surface area contributed by atoms with E-state index in [1.54, 1.807) is 13.2 Å². The average Bonchev–Trinajstić information content (AvgIpc) is 3.04. The molecule has 1 aromatic heterocycles. The second kappa shape index (κ2) is 6.86. The van der Waals surface area contributed by atoms with E-state index in [2.05, 4.69) is 10.3 Å². The molecule has 0 radical (unpaired) electrons. The highest BCUT2D eigenvalue weighted by Crippen LogP contribution is 2.32. The number of methoxy groups -OCH3 is 1. The molecule has 0 aliphatic carbocycles. The van der Waals surface area contributed by atoms with Gasteiger partial charge in [0.15, 0.2) is 5.13 Å². The fourth-order valence-electron chi connectivity index (χ4n) is 2.07. The van der Waals surface area contributed by atoms with Crippen molar-refractivity contribution in [2.45, 2.75) is 0 Å². The van der Waals surface area contributed by atoms with Crippen LogP contribution in [0.1, 0.15) is 0 Å². The Morgan fingerprint density at radius 2 is 2.00 bits per heavy atom. The molecule has 0 aliphatic heterocycles. The Morgan fingerprint density at radius 1 is 1.25 bits per heavy atom. The van der Waals surface area contributed by atoms with Gasteiger partial charge in [-0.3, -0.25) is 10.1 Å². The molecule has 122 valence electrons. The molecule has 6 nitrogen and oxygen atoms in total. The number of nitro groups is 1. The minimum atomic E-state index is -0.505. The monoisotopic (exact) mass is 361 g/mol. The molecule has 0 saturated heterocycles. The Morgan fingerprint density at radius 3 is 2.67 bits per heavy atom. The van der Waals surface area contributed by atoms with Gasteiger partial charge in [0.25, 0.3) is 5.69 Å². The van der Waals surface area contributed by atoms with E-state index in [9.17, 15) is 10.1 Å².